The molecule has 0 saturated carbocycles. The Labute approximate surface area is 152 Å². The molecule has 0 radical (unpaired) electrons. The molecular formula is C19H16ClFO3S. The number of benzene rings is 2. The first-order chi connectivity index (χ1) is 11.7. The van der Waals surface area contributed by atoms with Crippen LogP contribution < -0.4 is 0 Å². The van der Waals surface area contributed by atoms with E-state index in [-0.39, 0.29) is 16.4 Å². The van der Waals surface area contributed by atoms with Crippen molar-refractivity contribution in [3.63, 3.8) is 0 Å². The Kier molecular flexibility index (Phi) is 4.56. The SMILES string of the molecule is CS(=O)c1ccc(C2=C(c3cc(F)cc(Cl)c3)C(=O)C(C)(C)O2)cc1. The quantitative estimate of drug-likeness (QED) is 0.791. The summed E-state index contributed by atoms with van der Waals surface area (Å²) in [6.07, 6.45) is 1.59. The second kappa shape index (κ2) is 6.39. The van der Waals surface area contributed by atoms with Gasteiger partial charge in [0.05, 0.1) is 5.57 Å². The van der Waals surface area contributed by atoms with Crippen molar-refractivity contribution in [2.75, 3.05) is 6.26 Å². The van der Waals surface area contributed by atoms with E-state index in [1.165, 1.54) is 18.2 Å². The Morgan fingerprint density at radius 2 is 1.72 bits per heavy atom. The maximum atomic E-state index is 13.8. The van der Waals surface area contributed by atoms with Crippen LogP contribution in [0.15, 0.2) is 47.4 Å². The summed E-state index contributed by atoms with van der Waals surface area (Å²) in [5, 5.41) is 0.205. The molecule has 0 amide bonds. The van der Waals surface area contributed by atoms with Crippen LogP contribution in [-0.2, 0) is 20.3 Å². The van der Waals surface area contributed by atoms with Crippen LogP contribution in [0.1, 0.15) is 25.0 Å². The van der Waals surface area contributed by atoms with Gasteiger partial charge in [0.25, 0.3) is 0 Å². The smallest absolute Gasteiger partial charge is 0.210 e. The second-order valence-corrected chi connectivity index (χ2v) is 8.10. The molecule has 1 unspecified atom stereocenters. The number of hydrogen-bond donors (Lipinski definition) is 0. The highest BCUT2D eigenvalue weighted by atomic mass is 35.5. The molecule has 0 N–H and O–H groups in total. The average Bonchev–Trinajstić information content (AvgIpc) is 2.77. The van der Waals surface area contributed by atoms with Crippen molar-refractivity contribution in [3.05, 3.63) is 64.4 Å². The molecule has 1 heterocycles. The van der Waals surface area contributed by atoms with E-state index in [1.807, 2.05) is 0 Å². The molecule has 130 valence electrons. The molecule has 0 bridgehead atoms. The minimum Gasteiger partial charge on any atom is -0.478 e. The van der Waals surface area contributed by atoms with E-state index in [0.29, 0.717) is 21.8 Å². The topological polar surface area (TPSA) is 43.4 Å². The van der Waals surface area contributed by atoms with Crippen molar-refractivity contribution in [2.24, 2.45) is 0 Å². The molecule has 3 rings (SSSR count). The highest BCUT2D eigenvalue weighted by Crippen LogP contribution is 2.41. The Balaban J connectivity index is 2.19. The number of ketones is 1. The molecule has 2 aromatic rings. The van der Waals surface area contributed by atoms with Crippen LogP contribution in [0, 0.1) is 5.82 Å². The van der Waals surface area contributed by atoms with Crippen LogP contribution in [0.5, 0.6) is 0 Å². The molecule has 1 aliphatic rings. The Bertz CT molecular complexity index is 897. The number of Topliss-reactive ketones (excluding diaryl/α,β-unsaturated/α-hetero) is 1. The van der Waals surface area contributed by atoms with E-state index < -0.39 is 22.2 Å². The Hall–Kier alpha value is -1.98. The highest BCUT2D eigenvalue weighted by Gasteiger charge is 2.42. The number of carbonyl (C=O) groups is 1. The first kappa shape index (κ1) is 17.8. The number of ether oxygens (including phenoxy) is 1. The third-order valence-corrected chi connectivity index (χ3v) is 5.11. The van der Waals surface area contributed by atoms with Crippen LogP contribution >= 0.6 is 11.6 Å². The largest absolute Gasteiger partial charge is 0.478 e. The van der Waals surface area contributed by atoms with Gasteiger partial charge in [-0.2, -0.15) is 0 Å². The fraction of sp³-hybridized carbons (Fsp3) is 0.211. The van der Waals surface area contributed by atoms with Gasteiger partial charge in [0.15, 0.2) is 5.60 Å². The maximum absolute atomic E-state index is 13.8. The van der Waals surface area contributed by atoms with Crippen molar-refractivity contribution in [1.29, 1.82) is 0 Å². The summed E-state index contributed by atoms with van der Waals surface area (Å²) >= 11 is 5.95. The van der Waals surface area contributed by atoms with Gasteiger partial charge in [-0.25, -0.2) is 4.39 Å². The van der Waals surface area contributed by atoms with E-state index >= 15 is 0 Å². The zero-order valence-electron chi connectivity index (χ0n) is 13.9. The summed E-state index contributed by atoms with van der Waals surface area (Å²) in [6, 6.07) is 10.9. The predicted molar refractivity (Wildman–Crippen MR) is 97.2 cm³/mol. The molecule has 0 fully saturated rings. The van der Waals surface area contributed by atoms with Gasteiger partial charge in [0, 0.05) is 32.5 Å². The standard InChI is InChI=1S/C19H16ClFO3S/c1-19(2)18(22)16(12-8-13(20)10-14(21)9-12)17(24-19)11-4-6-15(7-5-11)25(3)23/h4-10H,1-3H3. The van der Waals surface area contributed by atoms with Crippen molar-refractivity contribution < 1.29 is 18.1 Å². The molecule has 0 aliphatic carbocycles. The van der Waals surface area contributed by atoms with E-state index in [2.05, 4.69) is 0 Å². The molecule has 0 saturated heterocycles. The normalized spacial score (nSPS) is 17.6. The molecule has 1 atom stereocenters. The lowest BCUT2D eigenvalue weighted by Crippen LogP contribution is -2.29. The molecule has 2 aromatic carbocycles. The molecule has 25 heavy (non-hydrogen) atoms. The highest BCUT2D eigenvalue weighted by molar-refractivity contribution is 7.84. The summed E-state index contributed by atoms with van der Waals surface area (Å²) < 4.78 is 31.2. The minimum atomic E-state index is -1.10. The van der Waals surface area contributed by atoms with Crippen molar-refractivity contribution in [1.82, 2.24) is 0 Å². The molecule has 6 heteroatoms. The van der Waals surface area contributed by atoms with E-state index in [4.69, 9.17) is 16.3 Å². The fourth-order valence-corrected chi connectivity index (χ4v) is 3.46. The first-order valence-corrected chi connectivity index (χ1v) is 9.51. The maximum Gasteiger partial charge on any atom is 0.210 e. The van der Waals surface area contributed by atoms with Gasteiger partial charge in [0.1, 0.15) is 11.6 Å². The van der Waals surface area contributed by atoms with Gasteiger partial charge in [-0.1, -0.05) is 23.7 Å². The monoisotopic (exact) mass is 378 g/mol. The van der Waals surface area contributed by atoms with Crippen LogP contribution in [-0.4, -0.2) is 21.8 Å². The lowest BCUT2D eigenvalue weighted by atomic mass is 9.92. The van der Waals surface area contributed by atoms with E-state index in [9.17, 15) is 13.4 Å². The van der Waals surface area contributed by atoms with E-state index in [0.717, 1.165) is 0 Å². The molecule has 3 nitrogen and oxygen atoms in total. The van der Waals surface area contributed by atoms with Gasteiger partial charge in [-0.05, 0) is 49.7 Å². The third-order valence-electron chi connectivity index (χ3n) is 3.96. The Morgan fingerprint density at radius 1 is 1.08 bits per heavy atom. The van der Waals surface area contributed by atoms with Crippen LogP contribution in [0.2, 0.25) is 5.02 Å². The second-order valence-electron chi connectivity index (χ2n) is 6.28. The molecule has 0 aromatic heterocycles. The van der Waals surface area contributed by atoms with Crippen molar-refractivity contribution in [3.8, 4) is 0 Å². The lowest BCUT2D eigenvalue weighted by molar-refractivity contribution is -0.125. The number of hydrogen-bond acceptors (Lipinski definition) is 3. The average molecular weight is 379 g/mol. The van der Waals surface area contributed by atoms with Gasteiger partial charge in [-0.3, -0.25) is 9.00 Å². The van der Waals surface area contributed by atoms with Gasteiger partial charge in [0.2, 0.25) is 5.78 Å². The van der Waals surface area contributed by atoms with Crippen LogP contribution in [0.25, 0.3) is 11.3 Å². The lowest BCUT2D eigenvalue weighted by Gasteiger charge is -2.17. The number of halogens is 2. The molecule has 0 spiro atoms. The van der Waals surface area contributed by atoms with Gasteiger partial charge >= 0.3 is 0 Å². The summed E-state index contributed by atoms with van der Waals surface area (Å²) in [5.74, 6) is -0.402. The first-order valence-electron chi connectivity index (χ1n) is 7.57. The molecular weight excluding hydrogens is 363 g/mol. The van der Waals surface area contributed by atoms with Crippen LogP contribution in [0.4, 0.5) is 4.39 Å². The number of carbonyl (C=O) groups excluding carboxylic acids is 1. The zero-order valence-corrected chi connectivity index (χ0v) is 15.5. The summed E-state index contributed by atoms with van der Waals surface area (Å²) in [4.78, 5) is 13.5. The zero-order chi connectivity index (χ0) is 18.4. The summed E-state index contributed by atoms with van der Waals surface area (Å²) in [6.45, 7) is 3.33. The summed E-state index contributed by atoms with van der Waals surface area (Å²) in [7, 11) is -1.10. The summed E-state index contributed by atoms with van der Waals surface area (Å²) in [5.41, 5.74) is 0.259. The minimum absolute atomic E-state index is 0.205. The van der Waals surface area contributed by atoms with Gasteiger partial charge < -0.3 is 4.74 Å². The Morgan fingerprint density at radius 3 is 2.28 bits per heavy atom. The predicted octanol–water partition coefficient (Wildman–Crippen LogP) is 4.46. The van der Waals surface area contributed by atoms with Crippen molar-refractivity contribution in [2.45, 2.75) is 24.3 Å². The van der Waals surface area contributed by atoms with Crippen LogP contribution in [0.3, 0.4) is 0 Å². The third kappa shape index (κ3) is 3.39. The fourth-order valence-electron chi connectivity index (χ4n) is 2.72. The van der Waals surface area contributed by atoms with Crippen molar-refractivity contribution >= 4 is 39.5 Å². The van der Waals surface area contributed by atoms with Gasteiger partial charge in [-0.15, -0.1) is 0 Å². The molecule has 1 aliphatic heterocycles. The van der Waals surface area contributed by atoms with E-state index in [1.54, 1.807) is 44.4 Å². The number of rotatable bonds is 3.